The normalized spacial score (nSPS) is 18.7. The van der Waals surface area contributed by atoms with Gasteiger partial charge >= 0.3 is 0 Å². The Bertz CT molecular complexity index is 1360. The second-order valence-electron chi connectivity index (χ2n) is 12.0. The van der Waals surface area contributed by atoms with Gasteiger partial charge in [-0.05, 0) is 33.5 Å². The monoisotopic (exact) mass is 592 g/mol. The van der Waals surface area contributed by atoms with Gasteiger partial charge in [-0.25, -0.2) is 0 Å². The van der Waals surface area contributed by atoms with Crippen LogP contribution in [0.2, 0.25) is 5.04 Å². The third kappa shape index (κ3) is 7.26. The van der Waals surface area contributed by atoms with Crippen LogP contribution in [-0.2, 0) is 25.2 Å². The number of hydrogen-bond donors (Lipinski definition) is 0. The molecule has 224 valence electrons. The Labute approximate surface area is 258 Å². The van der Waals surface area contributed by atoms with E-state index in [0.717, 1.165) is 11.1 Å². The lowest BCUT2D eigenvalue weighted by Crippen LogP contribution is -2.67. The van der Waals surface area contributed by atoms with Gasteiger partial charge in [0.25, 0.3) is 8.32 Å². The minimum atomic E-state index is -2.95. The zero-order valence-corrected chi connectivity index (χ0v) is 26.8. The van der Waals surface area contributed by atoms with Crippen molar-refractivity contribution in [2.45, 2.75) is 70.4 Å². The maximum atomic E-state index is 7.82. The molecule has 0 bridgehead atoms. The van der Waals surface area contributed by atoms with Crippen LogP contribution in [0.1, 0.15) is 51.3 Å². The van der Waals surface area contributed by atoms with Gasteiger partial charge in [-0.2, -0.15) is 0 Å². The van der Waals surface area contributed by atoms with Gasteiger partial charge in [0, 0.05) is 13.0 Å². The molecule has 1 aliphatic rings. The maximum absolute atomic E-state index is 7.82. The van der Waals surface area contributed by atoms with Crippen molar-refractivity contribution in [1.29, 1.82) is 0 Å². The molecule has 43 heavy (non-hydrogen) atoms. The highest BCUT2D eigenvalue weighted by Gasteiger charge is 2.53. The Kier molecular flexibility index (Phi) is 10.4. The van der Waals surface area contributed by atoms with E-state index in [-0.39, 0.29) is 17.4 Å². The molecule has 1 heterocycles. The van der Waals surface area contributed by atoms with Crippen LogP contribution < -0.4 is 10.4 Å². The second-order valence-corrected chi connectivity index (χ2v) is 16.3. The molecule has 0 saturated heterocycles. The summed E-state index contributed by atoms with van der Waals surface area (Å²) in [5.41, 5.74) is 2.16. The van der Waals surface area contributed by atoms with Gasteiger partial charge in [-0.15, -0.1) is 0 Å². The molecular formula is C38H44O4Si. The average molecular weight is 593 g/mol. The first-order valence-electron chi connectivity index (χ1n) is 15.4. The molecule has 0 radical (unpaired) electrons. The van der Waals surface area contributed by atoms with Crippen LogP contribution in [0, 0.1) is 0 Å². The highest BCUT2D eigenvalue weighted by Crippen LogP contribution is 2.42. The topological polar surface area (TPSA) is 36.9 Å². The average Bonchev–Trinajstić information content (AvgIpc) is 3.04. The van der Waals surface area contributed by atoms with Crippen LogP contribution in [0.25, 0.3) is 0 Å². The van der Waals surface area contributed by atoms with Crippen LogP contribution in [-0.4, -0.2) is 33.4 Å². The van der Waals surface area contributed by atoms with E-state index >= 15 is 0 Å². The van der Waals surface area contributed by atoms with Gasteiger partial charge in [-0.3, -0.25) is 0 Å². The molecule has 0 amide bonds. The predicted octanol–water partition coefficient (Wildman–Crippen LogP) is 7.60. The Morgan fingerprint density at radius 1 is 0.767 bits per heavy atom. The fourth-order valence-electron chi connectivity index (χ4n) is 6.05. The summed E-state index contributed by atoms with van der Waals surface area (Å²) in [5.74, 6) is 0. The van der Waals surface area contributed by atoms with Crippen molar-refractivity contribution in [3.8, 4) is 0 Å². The fourth-order valence-corrected chi connectivity index (χ4v) is 10.7. The molecule has 0 aromatic heterocycles. The number of rotatable bonds is 12. The van der Waals surface area contributed by atoms with E-state index in [0.29, 0.717) is 19.6 Å². The highest BCUT2D eigenvalue weighted by atomic mass is 28.4. The third-order valence-electron chi connectivity index (χ3n) is 8.07. The zero-order valence-electron chi connectivity index (χ0n) is 25.8. The summed E-state index contributed by atoms with van der Waals surface area (Å²) in [6.45, 7) is 9.95. The fraction of sp³-hybridized carbons (Fsp3) is 0.316. The van der Waals surface area contributed by atoms with Crippen LogP contribution in [0.5, 0.6) is 0 Å². The van der Waals surface area contributed by atoms with Crippen molar-refractivity contribution in [3.05, 3.63) is 145 Å². The Morgan fingerprint density at radius 2 is 1.30 bits per heavy atom. The minimum Gasteiger partial charge on any atom is -0.398 e. The molecule has 0 spiro atoms. The van der Waals surface area contributed by atoms with Crippen molar-refractivity contribution in [2.24, 2.45) is 0 Å². The zero-order chi connectivity index (χ0) is 30.1. The molecule has 0 fully saturated rings. The summed E-state index contributed by atoms with van der Waals surface area (Å²) in [4.78, 5) is 0. The van der Waals surface area contributed by atoms with Crippen molar-refractivity contribution in [2.75, 3.05) is 6.61 Å². The molecule has 0 unspecified atom stereocenters. The maximum Gasteiger partial charge on any atom is 0.262 e. The third-order valence-corrected chi connectivity index (χ3v) is 13.1. The van der Waals surface area contributed by atoms with Crippen LogP contribution in [0.4, 0.5) is 0 Å². The quantitative estimate of drug-likeness (QED) is 0.125. The van der Waals surface area contributed by atoms with E-state index in [2.05, 4.69) is 130 Å². The smallest absolute Gasteiger partial charge is 0.262 e. The van der Waals surface area contributed by atoms with Gasteiger partial charge < -0.3 is 18.6 Å². The minimum absolute atomic E-state index is 0.205. The standard InChI is InChI=1S/C38H44O4Si/c1-5-39-35-28-18-27-34(41-35)37(40-29-30-19-10-6-11-20-30)36(31-21-12-7-13-22-31)42-43(38(2,3)4,32-23-14-8-15-24-32)33-25-16-9-17-26-33/h6-27,34-37H,5,28-29H2,1-4H3/t34-,35+,36-,37+/m1/s1. The number of hydrogen-bond acceptors (Lipinski definition) is 4. The number of ether oxygens (including phenoxy) is 3. The molecule has 4 nitrogen and oxygen atoms in total. The lowest BCUT2D eigenvalue weighted by molar-refractivity contribution is -0.202. The van der Waals surface area contributed by atoms with E-state index in [1.54, 1.807) is 0 Å². The van der Waals surface area contributed by atoms with Crippen molar-refractivity contribution in [3.63, 3.8) is 0 Å². The molecule has 5 heteroatoms. The van der Waals surface area contributed by atoms with Gasteiger partial charge in [0.1, 0.15) is 18.3 Å². The summed E-state index contributed by atoms with van der Waals surface area (Å²) in [5, 5.41) is 2.25. The van der Waals surface area contributed by atoms with Crippen molar-refractivity contribution >= 4 is 18.7 Å². The van der Waals surface area contributed by atoms with E-state index in [9.17, 15) is 0 Å². The van der Waals surface area contributed by atoms with Gasteiger partial charge in [0.15, 0.2) is 6.29 Å². The van der Waals surface area contributed by atoms with Crippen LogP contribution >= 0.6 is 0 Å². The second kappa shape index (κ2) is 14.4. The van der Waals surface area contributed by atoms with E-state index in [4.69, 9.17) is 18.6 Å². The first-order valence-corrected chi connectivity index (χ1v) is 17.3. The molecule has 4 aromatic carbocycles. The Morgan fingerprint density at radius 3 is 1.84 bits per heavy atom. The Hall–Kier alpha value is -3.32. The predicted molar refractivity (Wildman–Crippen MR) is 177 cm³/mol. The molecule has 4 atom stereocenters. The molecule has 1 aliphatic heterocycles. The van der Waals surface area contributed by atoms with Gasteiger partial charge in [0.05, 0.1) is 6.61 Å². The van der Waals surface area contributed by atoms with Crippen molar-refractivity contribution in [1.82, 2.24) is 0 Å². The first kappa shape index (κ1) is 31.1. The van der Waals surface area contributed by atoms with E-state index in [1.807, 2.05) is 31.2 Å². The summed E-state index contributed by atoms with van der Waals surface area (Å²) in [6.07, 6.45) is 3.43. The van der Waals surface area contributed by atoms with Gasteiger partial charge in [-0.1, -0.05) is 154 Å². The molecule has 0 saturated carbocycles. The molecular weight excluding hydrogens is 549 g/mol. The summed E-state index contributed by atoms with van der Waals surface area (Å²) < 4.78 is 27.3. The van der Waals surface area contributed by atoms with E-state index in [1.165, 1.54) is 10.4 Å². The highest BCUT2D eigenvalue weighted by molar-refractivity contribution is 6.99. The molecule has 0 N–H and O–H groups in total. The van der Waals surface area contributed by atoms with Crippen LogP contribution in [0.3, 0.4) is 0 Å². The van der Waals surface area contributed by atoms with Crippen molar-refractivity contribution < 1.29 is 18.6 Å². The van der Waals surface area contributed by atoms with E-state index < -0.39 is 20.5 Å². The first-order chi connectivity index (χ1) is 20.9. The molecule has 4 aromatic rings. The summed E-state index contributed by atoms with van der Waals surface area (Å²) in [6, 6.07) is 42.4. The van der Waals surface area contributed by atoms with Crippen LogP contribution in [0.15, 0.2) is 133 Å². The SMILES string of the molecule is CCO[C@@H]1CC=C[C@H]([C@H](OCc2ccccc2)[C@H](O[Si](c2ccccc2)(c2ccccc2)C(C)(C)C)c2ccccc2)O1. The van der Waals surface area contributed by atoms with Gasteiger partial charge in [0.2, 0.25) is 0 Å². The Balaban J connectivity index is 1.67. The molecule has 0 aliphatic carbocycles. The lowest BCUT2D eigenvalue weighted by Gasteiger charge is -2.47. The lowest BCUT2D eigenvalue weighted by atomic mass is 9.98. The summed E-state index contributed by atoms with van der Waals surface area (Å²) >= 11 is 0. The molecule has 5 rings (SSSR count). The largest absolute Gasteiger partial charge is 0.398 e. The summed E-state index contributed by atoms with van der Waals surface area (Å²) in [7, 11) is -2.95. The number of benzene rings is 4.